The number of hydrogen-bond donors (Lipinski definition) is 0. The summed E-state index contributed by atoms with van der Waals surface area (Å²) in [4.78, 5) is 10.5. The largest absolute Gasteiger partial charge is 0.454 e. The second-order valence-corrected chi connectivity index (χ2v) is 4.33. The summed E-state index contributed by atoms with van der Waals surface area (Å²) in [5.41, 5.74) is 1.10. The quantitative estimate of drug-likeness (QED) is 0.408. The maximum Gasteiger partial charge on any atom is 0.454 e. The first kappa shape index (κ1) is 17.2. The van der Waals surface area contributed by atoms with E-state index in [1.54, 1.807) is 6.08 Å². The lowest BCUT2D eigenvalue weighted by Crippen LogP contribution is -2.19. The van der Waals surface area contributed by atoms with Gasteiger partial charge in [-0.05, 0) is 24.5 Å². The SMILES string of the molecule is O=C(/C=C/C=C/CCCOCc1ccccc1)C(F)(F)F. The molecule has 1 rings (SSSR count). The first-order chi connectivity index (χ1) is 10.00. The molecule has 0 aliphatic carbocycles. The predicted molar refractivity (Wildman–Crippen MR) is 74.7 cm³/mol. The summed E-state index contributed by atoms with van der Waals surface area (Å²) in [6, 6.07) is 9.77. The van der Waals surface area contributed by atoms with Crippen molar-refractivity contribution in [2.75, 3.05) is 6.61 Å². The van der Waals surface area contributed by atoms with Crippen molar-refractivity contribution in [2.45, 2.75) is 25.6 Å². The zero-order valence-electron chi connectivity index (χ0n) is 11.5. The van der Waals surface area contributed by atoms with Crippen LogP contribution in [0.4, 0.5) is 13.2 Å². The van der Waals surface area contributed by atoms with Gasteiger partial charge in [-0.25, -0.2) is 0 Å². The molecule has 0 fully saturated rings. The first-order valence-electron chi connectivity index (χ1n) is 6.56. The van der Waals surface area contributed by atoms with Gasteiger partial charge in [-0.1, -0.05) is 48.6 Å². The molecule has 0 amide bonds. The van der Waals surface area contributed by atoms with Crippen molar-refractivity contribution in [3.8, 4) is 0 Å². The van der Waals surface area contributed by atoms with E-state index in [-0.39, 0.29) is 0 Å². The highest BCUT2D eigenvalue weighted by atomic mass is 19.4. The number of carbonyl (C=O) groups is 1. The van der Waals surface area contributed by atoms with Gasteiger partial charge in [0.25, 0.3) is 5.78 Å². The van der Waals surface area contributed by atoms with E-state index < -0.39 is 12.0 Å². The fraction of sp³-hybridized carbons (Fsp3) is 0.312. The van der Waals surface area contributed by atoms with Gasteiger partial charge >= 0.3 is 6.18 Å². The molecule has 0 bridgehead atoms. The number of unbranched alkanes of at least 4 members (excludes halogenated alkanes) is 1. The van der Waals surface area contributed by atoms with Crippen LogP contribution in [-0.4, -0.2) is 18.6 Å². The Kier molecular flexibility index (Phi) is 7.46. The van der Waals surface area contributed by atoms with E-state index in [0.717, 1.165) is 18.1 Å². The van der Waals surface area contributed by atoms with Crippen LogP contribution in [0, 0.1) is 0 Å². The third kappa shape index (κ3) is 8.09. The van der Waals surface area contributed by atoms with Crippen LogP contribution in [0.25, 0.3) is 0 Å². The van der Waals surface area contributed by atoms with Crippen LogP contribution in [0.2, 0.25) is 0 Å². The Morgan fingerprint density at radius 2 is 1.86 bits per heavy atom. The van der Waals surface area contributed by atoms with E-state index in [1.165, 1.54) is 6.08 Å². The molecule has 0 saturated carbocycles. The number of allylic oxidation sites excluding steroid dienone is 4. The summed E-state index contributed by atoms with van der Waals surface area (Å²) >= 11 is 0. The molecule has 1 aromatic rings. The smallest absolute Gasteiger partial charge is 0.377 e. The second-order valence-electron chi connectivity index (χ2n) is 4.33. The molecule has 114 valence electrons. The van der Waals surface area contributed by atoms with Crippen LogP contribution in [0.5, 0.6) is 0 Å². The van der Waals surface area contributed by atoms with Crippen molar-refractivity contribution in [1.82, 2.24) is 0 Å². The highest BCUT2D eigenvalue weighted by Gasteiger charge is 2.35. The van der Waals surface area contributed by atoms with Gasteiger partial charge in [0.05, 0.1) is 6.61 Å². The Labute approximate surface area is 121 Å². The molecule has 0 heterocycles. The van der Waals surface area contributed by atoms with Gasteiger partial charge in [-0.3, -0.25) is 4.79 Å². The first-order valence-corrected chi connectivity index (χ1v) is 6.56. The molecule has 5 heteroatoms. The summed E-state index contributed by atoms with van der Waals surface area (Å²) < 4.78 is 41.0. The second kappa shape index (κ2) is 9.13. The Morgan fingerprint density at radius 1 is 1.14 bits per heavy atom. The van der Waals surface area contributed by atoms with Crippen molar-refractivity contribution in [1.29, 1.82) is 0 Å². The molecule has 0 aliphatic rings. The number of carbonyl (C=O) groups excluding carboxylic acids is 1. The zero-order valence-corrected chi connectivity index (χ0v) is 11.5. The number of halogens is 3. The number of rotatable bonds is 8. The molecule has 0 atom stereocenters. The maximum atomic E-state index is 11.9. The van der Waals surface area contributed by atoms with Gasteiger partial charge in [-0.2, -0.15) is 13.2 Å². The normalized spacial score (nSPS) is 12.3. The Hall–Kier alpha value is -1.88. The molecule has 0 aliphatic heterocycles. The van der Waals surface area contributed by atoms with Crippen LogP contribution in [0.1, 0.15) is 18.4 Å². The van der Waals surface area contributed by atoms with Gasteiger partial charge < -0.3 is 4.74 Å². The molecular weight excluding hydrogens is 281 g/mol. The van der Waals surface area contributed by atoms with Crippen molar-refractivity contribution < 1.29 is 22.7 Å². The van der Waals surface area contributed by atoms with Crippen molar-refractivity contribution in [3.63, 3.8) is 0 Å². The third-order valence-corrected chi connectivity index (χ3v) is 2.55. The van der Waals surface area contributed by atoms with E-state index in [1.807, 2.05) is 30.3 Å². The van der Waals surface area contributed by atoms with Crippen LogP contribution < -0.4 is 0 Å². The van der Waals surface area contributed by atoms with Gasteiger partial charge in [-0.15, -0.1) is 0 Å². The van der Waals surface area contributed by atoms with Crippen molar-refractivity contribution >= 4 is 5.78 Å². The van der Waals surface area contributed by atoms with Gasteiger partial charge in [0.2, 0.25) is 0 Å². The van der Waals surface area contributed by atoms with E-state index >= 15 is 0 Å². The Bertz CT molecular complexity index is 476. The predicted octanol–water partition coefficient (Wildman–Crippen LogP) is 4.23. The molecular formula is C16H17F3O2. The summed E-state index contributed by atoms with van der Waals surface area (Å²) in [6.45, 7) is 1.12. The minimum absolute atomic E-state index is 0.516. The van der Waals surface area contributed by atoms with E-state index in [4.69, 9.17) is 4.74 Å². The van der Waals surface area contributed by atoms with Crippen LogP contribution in [-0.2, 0) is 16.1 Å². The molecule has 0 N–H and O–H groups in total. The van der Waals surface area contributed by atoms with Crippen LogP contribution >= 0.6 is 0 Å². The lowest BCUT2D eigenvalue weighted by Gasteiger charge is -2.02. The van der Waals surface area contributed by atoms with Crippen LogP contribution in [0.15, 0.2) is 54.6 Å². The molecule has 0 saturated heterocycles. The molecule has 0 aromatic heterocycles. The standard InChI is InChI=1S/C16H17F3O2/c17-16(18,19)15(20)11-7-2-1-3-8-12-21-13-14-9-5-4-6-10-14/h1-2,4-7,9-11H,3,8,12-13H2/b2-1+,11-7+. The zero-order chi connectivity index (χ0) is 15.6. The minimum atomic E-state index is -4.80. The Balaban J connectivity index is 2.08. The monoisotopic (exact) mass is 298 g/mol. The molecule has 21 heavy (non-hydrogen) atoms. The van der Waals surface area contributed by atoms with Gasteiger partial charge in [0.1, 0.15) is 0 Å². The average Bonchev–Trinajstić information content (AvgIpc) is 2.45. The molecule has 2 nitrogen and oxygen atoms in total. The molecule has 0 spiro atoms. The molecule has 0 unspecified atom stereocenters. The maximum absolute atomic E-state index is 11.9. The fourth-order valence-corrected chi connectivity index (χ4v) is 1.48. The topological polar surface area (TPSA) is 26.3 Å². The van der Waals surface area contributed by atoms with Crippen LogP contribution in [0.3, 0.4) is 0 Å². The number of alkyl halides is 3. The summed E-state index contributed by atoms with van der Waals surface area (Å²) in [5.74, 6) is -1.85. The number of hydrogen-bond acceptors (Lipinski definition) is 2. The molecule has 0 radical (unpaired) electrons. The number of ether oxygens (including phenoxy) is 1. The van der Waals surface area contributed by atoms with E-state index in [2.05, 4.69) is 0 Å². The molecule has 1 aromatic carbocycles. The van der Waals surface area contributed by atoms with Crippen molar-refractivity contribution in [2.24, 2.45) is 0 Å². The lowest BCUT2D eigenvalue weighted by atomic mass is 10.2. The van der Waals surface area contributed by atoms with Gasteiger partial charge in [0, 0.05) is 6.61 Å². The number of benzene rings is 1. The summed E-state index contributed by atoms with van der Waals surface area (Å²) in [6.07, 6.45) is 1.40. The van der Waals surface area contributed by atoms with Gasteiger partial charge in [0.15, 0.2) is 0 Å². The lowest BCUT2D eigenvalue weighted by molar-refractivity contribution is -0.165. The van der Waals surface area contributed by atoms with Crippen molar-refractivity contribution in [3.05, 3.63) is 60.2 Å². The third-order valence-electron chi connectivity index (χ3n) is 2.55. The summed E-state index contributed by atoms with van der Waals surface area (Å²) in [5, 5.41) is 0. The Morgan fingerprint density at radius 3 is 2.52 bits per heavy atom. The highest BCUT2D eigenvalue weighted by Crippen LogP contribution is 2.16. The average molecular weight is 298 g/mol. The minimum Gasteiger partial charge on any atom is -0.377 e. The number of ketones is 1. The summed E-state index contributed by atoms with van der Waals surface area (Å²) in [7, 11) is 0. The van der Waals surface area contributed by atoms with E-state index in [0.29, 0.717) is 25.7 Å². The van der Waals surface area contributed by atoms with E-state index in [9.17, 15) is 18.0 Å². The highest BCUT2D eigenvalue weighted by molar-refractivity contribution is 5.94. The fourth-order valence-electron chi connectivity index (χ4n) is 1.48.